The highest BCUT2D eigenvalue weighted by Crippen LogP contribution is 2.30. The van der Waals surface area contributed by atoms with Crippen molar-refractivity contribution in [2.45, 2.75) is 44.6 Å². The Morgan fingerprint density at radius 1 is 1.17 bits per heavy atom. The first-order valence-corrected chi connectivity index (χ1v) is 7.57. The molecular formula is C15H21Cl2N. The second kappa shape index (κ2) is 6.79. The molecule has 0 heterocycles. The summed E-state index contributed by atoms with van der Waals surface area (Å²) in [6.45, 7) is 0. The van der Waals surface area contributed by atoms with Gasteiger partial charge < -0.3 is 5.32 Å². The third-order valence-electron chi connectivity index (χ3n) is 4.03. The summed E-state index contributed by atoms with van der Waals surface area (Å²) in [5, 5.41) is 5.00. The molecule has 2 rings (SSSR count). The fourth-order valence-corrected chi connectivity index (χ4v) is 3.46. The highest BCUT2D eigenvalue weighted by atomic mass is 35.5. The van der Waals surface area contributed by atoms with Crippen LogP contribution in [0.15, 0.2) is 18.2 Å². The maximum atomic E-state index is 6.28. The average Bonchev–Trinajstić information content (AvgIpc) is 2.57. The first-order chi connectivity index (χ1) is 8.70. The van der Waals surface area contributed by atoms with E-state index in [1.165, 1.54) is 37.7 Å². The van der Waals surface area contributed by atoms with Crippen LogP contribution < -0.4 is 5.32 Å². The van der Waals surface area contributed by atoms with E-state index in [2.05, 4.69) is 18.4 Å². The number of rotatable bonds is 3. The molecule has 1 aliphatic carbocycles. The van der Waals surface area contributed by atoms with Crippen LogP contribution >= 0.6 is 23.2 Å². The summed E-state index contributed by atoms with van der Waals surface area (Å²) in [5.74, 6) is 0.691. The Bertz CT molecular complexity index is 392. The second-order valence-electron chi connectivity index (χ2n) is 5.23. The Morgan fingerprint density at radius 3 is 2.67 bits per heavy atom. The molecule has 1 aliphatic rings. The number of nitrogens with one attached hydrogen (secondary N) is 1. The van der Waals surface area contributed by atoms with Gasteiger partial charge in [0.05, 0.1) is 0 Å². The zero-order valence-corrected chi connectivity index (χ0v) is 12.4. The van der Waals surface area contributed by atoms with Crippen LogP contribution in [0.4, 0.5) is 0 Å². The minimum absolute atomic E-state index is 0.624. The topological polar surface area (TPSA) is 12.0 Å². The standard InChI is InChI=1S/C15H21Cl2N/c1-18-15-6-4-2-3-5-12(15)9-11-7-8-13(16)10-14(11)17/h7-8,10,12,15,18H,2-6,9H2,1H3. The maximum absolute atomic E-state index is 6.28. The van der Waals surface area contributed by atoms with Crippen LogP contribution in [0.5, 0.6) is 0 Å². The molecular weight excluding hydrogens is 265 g/mol. The molecule has 100 valence electrons. The highest BCUT2D eigenvalue weighted by Gasteiger charge is 2.23. The Labute approximate surface area is 120 Å². The van der Waals surface area contributed by atoms with Gasteiger partial charge in [-0.3, -0.25) is 0 Å². The van der Waals surface area contributed by atoms with Crippen LogP contribution in [0.25, 0.3) is 0 Å². The normalized spacial score (nSPS) is 24.8. The minimum Gasteiger partial charge on any atom is -0.317 e. The summed E-state index contributed by atoms with van der Waals surface area (Å²) in [5.41, 5.74) is 1.23. The monoisotopic (exact) mass is 285 g/mol. The van der Waals surface area contributed by atoms with Gasteiger partial charge >= 0.3 is 0 Å². The fourth-order valence-electron chi connectivity index (χ4n) is 2.98. The maximum Gasteiger partial charge on any atom is 0.0452 e. The molecule has 0 aliphatic heterocycles. The number of benzene rings is 1. The van der Waals surface area contributed by atoms with Gasteiger partial charge in [0.25, 0.3) is 0 Å². The SMILES string of the molecule is CNC1CCCCCC1Cc1ccc(Cl)cc1Cl. The van der Waals surface area contributed by atoms with Gasteiger partial charge in [-0.25, -0.2) is 0 Å². The molecule has 3 heteroatoms. The van der Waals surface area contributed by atoms with E-state index in [1.807, 2.05) is 12.1 Å². The quantitative estimate of drug-likeness (QED) is 0.794. The Balaban J connectivity index is 2.10. The Kier molecular flexibility index (Phi) is 5.35. The third-order valence-corrected chi connectivity index (χ3v) is 4.61. The van der Waals surface area contributed by atoms with Crippen molar-refractivity contribution in [3.05, 3.63) is 33.8 Å². The van der Waals surface area contributed by atoms with Crippen molar-refractivity contribution in [3.8, 4) is 0 Å². The van der Waals surface area contributed by atoms with Gasteiger partial charge in [0, 0.05) is 16.1 Å². The summed E-state index contributed by atoms with van der Waals surface area (Å²) in [6, 6.07) is 6.49. The van der Waals surface area contributed by atoms with E-state index >= 15 is 0 Å². The molecule has 2 atom stereocenters. The summed E-state index contributed by atoms with van der Waals surface area (Å²) in [7, 11) is 2.08. The molecule has 1 aromatic rings. The first kappa shape index (κ1) is 14.2. The summed E-state index contributed by atoms with van der Waals surface area (Å²) < 4.78 is 0. The zero-order valence-electron chi connectivity index (χ0n) is 10.9. The molecule has 0 saturated heterocycles. The van der Waals surface area contributed by atoms with Crippen LogP contribution in [-0.2, 0) is 6.42 Å². The van der Waals surface area contributed by atoms with Crippen LogP contribution in [0, 0.1) is 5.92 Å². The Hall–Kier alpha value is -0.240. The minimum atomic E-state index is 0.624. The van der Waals surface area contributed by atoms with Crippen molar-refractivity contribution >= 4 is 23.2 Å². The van der Waals surface area contributed by atoms with E-state index in [1.54, 1.807) is 0 Å². The molecule has 0 spiro atoms. The lowest BCUT2D eigenvalue weighted by atomic mass is 9.88. The lowest BCUT2D eigenvalue weighted by Crippen LogP contribution is -2.33. The predicted octanol–water partition coefficient (Wildman–Crippen LogP) is 4.70. The van der Waals surface area contributed by atoms with Crippen molar-refractivity contribution in [2.24, 2.45) is 5.92 Å². The molecule has 0 aromatic heterocycles. The van der Waals surface area contributed by atoms with E-state index in [4.69, 9.17) is 23.2 Å². The van der Waals surface area contributed by atoms with Crippen LogP contribution in [0.2, 0.25) is 10.0 Å². The first-order valence-electron chi connectivity index (χ1n) is 6.82. The number of halogens is 2. The summed E-state index contributed by atoms with van der Waals surface area (Å²) in [4.78, 5) is 0. The van der Waals surface area contributed by atoms with Crippen molar-refractivity contribution in [1.82, 2.24) is 5.32 Å². The Morgan fingerprint density at radius 2 is 1.94 bits per heavy atom. The van der Waals surface area contributed by atoms with Gasteiger partial charge in [0.2, 0.25) is 0 Å². The van der Waals surface area contributed by atoms with Gasteiger partial charge in [-0.15, -0.1) is 0 Å². The van der Waals surface area contributed by atoms with Crippen molar-refractivity contribution in [2.75, 3.05) is 7.05 Å². The lowest BCUT2D eigenvalue weighted by molar-refractivity contribution is 0.350. The van der Waals surface area contributed by atoms with Crippen molar-refractivity contribution in [1.29, 1.82) is 0 Å². The molecule has 0 radical (unpaired) electrons. The molecule has 2 unspecified atom stereocenters. The summed E-state index contributed by atoms with van der Waals surface area (Å²) >= 11 is 12.2. The molecule has 1 nitrogen and oxygen atoms in total. The molecule has 1 aromatic carbocycles. The molecule has 0 amide bonds. The van der Waals surface area contributed by atoms with Gasteiger partial charge in [0.15, 0.2) is 0 Å². The van der Waals surface area contributed by atoms with E-state index in [9.17, 15) is 0 Å². The van der Waals surface area contributed by atoms with Crippen LogP contribution in [-0.4, -0.2) is 13.1 Å². The molecule has 0 bridgehead atoms. The summed E-state index contributed by atoms with van der Waals surface area (Å²) in [6.07, 6.45) is 7.69. The van der Waals surface area contributed by atoms with Gasteiger partial charge in [-0.1, -0.05) is 48.5 Å². The van der Waals surface area contributed by atoms with Crippen molar-refractivity contribution in [3.63, 3.8) is 0 Å². The molecule has 1 N–H and O–H groups in total. The van der Waals surface area contributed by atoms with Gasteiger partial charge in [-0.2, -0.15) is 0 Å². The number of hydrogen-bond acceptors (Lipinski definition) is 1. The largest absolute Gasteiger partial charge is 0.317 e. The third kappa shape index (κ3) is 3.63. The lowest BCUT2D eigenvalue weighted by Gasteiger charge is -2.25. The fraction of sp³-hybridized carbons (Fsp3) is 0.600. The van der Waals surface area contributed by atoms with Gasteiger partial charge in [0.1, 0.15) is 0 Å². The smallest absolute Gasteiger partial charge is 0.0452 e. The zero-order chi connectivity index (χ0) is 13.0. The number of hydrogen-bond donors (Lipinski definition) is 1. The molecule has 1 saturated carbocycles. The van der Waals surface area contributed by atoms with Crippen LogP contribution in [0.1, 0.15) is 37.7 Å². The van der Waals surface area contributed by atoms with Gasteiger partial charge in [-0.05, 0) is 49.9 Å². The molecule has 18 heavy (non-hydrogen) atoms. The van der Waals surface area contributed by atoms with E-state index in [0.29, 0.717) is 12.0 Å². The van der Waals surface area contributed by atoms with E-state index in [0.717, 1.165) is 16.5 Å². The van der Waals surface area contributed by atoms with Crippen LogP contribution in [0.3, 0.4) is 0 Å². The van der Waals surface area contributed by atoms with Crippen molar-refractivity contribution < 1.29 is 0 Å². The van der Waals surface area contributed by atoms with E-state index < -0.39 is 0 Å². The predicted molar refractivity (Wildman–Crippen MR) is 79.6 cm³/mol. The highest BCUT2D eigenvalue weighted by molar-refractivity contribution is 6.35. The average molecular weight is 286 g/mol. The van der Waals surface area contributed by atoms with E-state index in [-0.39, 0.29) is 0 Å². The second-order valence-corrected chi connectivity index (χ2v) is 6.08. The molecule has 1 fully saturated rings.